The lowest BCUT2D eigenvalue weighted by atomic mass is 10.0. The lowest BCUT2D eigenvalue weighted by molar-refractivity contribution is 0.125. The van der Waals surface area contributed by atoms with Crippen molar-refractivity contribution in [1.29, 1.82) is 0 Å². The largest absolute Gasteiger partial charge is 0.380 e. The molecule has 0 radical (unpaired) electrons. The molecule has 0 bridgehead atoms. The summed E-state index contributed by atoms with van der Waals surface area (Å²) in [7, 11) is 1.63. The number of nitrogens with one attached hydrogen (secondary N) is 2. The van der Waals surface area contributed by atoms with E-state index in [-0.39, 0.29) is 6.10 Å². The summed E-state index contributed by atoms with van der Waals surface area (Å²) in [5.74, 6) is -0.625. The number of ether oxygens (including phenoxy) is 1. The Morgan fingerprint density at radius 2 is 1.96 bits per heavy atom. The highest BCUT2D eigenvalue weighted by Crippen LogP contribution is 2.38. The van der Waals surface area contributed by atoms with Crippen LogP contribution >= 0.6 is 11.9 Å². The van der Waals surface area contributed by atoms with Crippen LogP contribution in [0.2, 0.25) is 0 Å². The number of nitrogens with zero attached hydrogens (tertiary/aromatic N) is 1. The van der Waals surface area contributed by atoms with E-state index in [1.54, 1.807) is 7.11 Å². The zero-order valence-corrected chi connectivity index (χ0v) is 14.1. The van der Waals surface area contributed by atoms with E-state index in [0.717, 1.165) is 16.6 Å². The second-order valence-corrected chi connectivity index (χ2v) is 6.25. The Labute approximate surface area is 143 Å². The van der Waals surface area contributed by atoms with Crippen LogP contribution in [0.25, 0.3) is 11.1 Å². The molecular formula is C17H17F2N3OS. The van der Waals surface area contributed by atoms with E-state index < -0.39 is 11.6 Å². The van der Waals surface area contributed by atoms with E-state index in [9.17, 15) is 8.78 Å². The SMILES string of the molecule is CO[C@@H](C)CN=C1NSc2cccc(-c3cc(F)cc(F)c3)c2N1. The molecule has 0 amide bonds. The van der Waals surface area contributed by atoms with Gasteiger partial charge in [0.25, 0.3) is 0 Å². The molecule has 0 saturated carbocycles. The van der Waals surface area contributed by atoms with Crippen molar-refractivity contribution < 1.29 is 13.5 Å². The van der Waals surface area contributed by atoms with E-state index in [0.29, 0.717) is 23.6 Å². The fraction of sp³-hybridized carbons (Fsp3) is 0.235. The van der Waals surface area contributed by atoms with E-state index in [4.69, 9.17) is 4.74 Å². The van der Waals surface area contributed by atoms with Crippen molar-refractivity contribution in [1.82, 2.24) is 4.72 Å². The first-order chi connectivity index (χ1) is 11.6. The molecule has 24 heavy (non-hydrogen) atoms. The van der Waals surface area contributed by atoms with Gasteiger partial charge in [-0.1, -0.05) is 12.1 Å². The van der Waals surface area contributed by atoms with Gasteiger partial charge in [0, 0.05) is 18.7 Å². The predicted octanol–water partition coefficient (Wildman–Crippen LogP) is 4.04. The lowest BCUT2D eigenvalue weighted by Gasteiger charge is -2.23. The average Bonchev–Trinajstić information content (AvgIpc) is 2.58. The molecular weight excluding hydrogens is 332 g/mol. The number of fused-ring (bicyclic) bond motifs is 1. The normalized spacial score (nSPS) is 16.2. The van der Waals surface area contributed by atoms with Crippen molar-refractivity contribution in [2.24, 2.45) is 4.99 Å². The van der Waals surface area contributed by atoms with Gasteiger partial charge in [-0.3, -0.25) is 4.72 Å². The van der Waals surface area contributed by atoms with Crippen molar-refractivity contribution in [2.75, 3.05) is 19.0 Å². The molecule has 4 nitrogen and oxygen atoms in total. The third-order valence-electron chi connectivity index (χ3n) is 3.61. The first-order valence-corrected chi connectivity index (χ1v) is 8.25. The van der Waals surface area contributed by atoms with Gasteiger partial charge in [-0.05, 0) is 42.6 Å². The van der Waals surface area contributed by atoms with Gasteiger partial charge in [0.15, 0.2) is 0 Å². The van der Waals surface area contributed by atoms with E-state index in [1.807, 2.05) is 25.1 Å². The monoisotopic (exact) mass is 349 g/mol. The molecule has 0 spiro atoms. The quantitative estimate of drug-likeness (QED) is 0.818. The van der Waals surface area contributed by atoms with Crippen molar-refractivity contribution in [3.8, 4) is 11.1 Å². The van der Waals surface area contributed by atoms with Crippen LogP contribution in [0.1, 0.15) is 6.92 Å². The van der Waals surface area contributed by atoms with Crippen LogP contribution in [0.5, 0.6) is 0 Å². The maximum atomic E-state index is 13.6. The van der Waals surface area contributed by atoms with Gasteiger partial charge in [0.2, 0.25) is 5.96 Å². The van der Waals surface area contributed by atoms with Crippen molar-refractivity contribution in [2.45, 2.75) is 17.9 Å². The fourth-order valence-corrected chi connectivity index (χ4v) is 3.04. The number of halogens is 2. The van der Waals surface area contributed by atoms with Gasteiger partial charge >= 0.3 is 0 Å². The summed E-state index contributed by atoms with van der Waals surface area (Å²) >= 11 is 1.40. The number of benzene rings is 2. The number of para-hydroxylation sites is 1. The minimum Gasteiger partial charge on any atom is -0.380 e. The number of guanidine groups is 1. The Bertz CT molecular complexity index is 762. The fourth-order valence-electron chi connectivity index (χ4n) is 2.31. The van der Waals surface area contributed by atoms with Crippen molar-refractivity contribution in [3.63, 3.8) is 0 Å². The second-order valence-electron chi connectivity index (χ2n) is 5.40. The van der Waals surface area contributed by atoms with Crippen molar-refractivity contribution >= 4 is 23.6 Å². The summed E-state index contributed by atoms with van der Waals surface area (Å²) in [6.07, 6.45) is 0.0000516. The molecule has 1 heterocycles. The molecule has 2 aromatic carbocycles. The molecule has 1 aliphatic rings. The molecule has 0 saturated heterocycles. The topological polar surface area (TPSA) is 45.6 Å². The molecule has 2 aromatic rings. The zero-order valence-electron chi connectivity index (χ0n) is 13.3. The van der Waals surface area contributed by atoms with Gasteiger partial charge < -0.3 is 10.1 Å². The van der Waals surface area contributed by atoms with Crippen LogP contribution in [-0.4, -0.2) is 25.7 Å². The van der Waals surface area contributed by atoms with Crippen LogP contribution in [0.15, 0.2) is 46.3 Å². The minimum atomic E-state index is -0.605. The summed E-state index contributed by atoms with van der Waals surface area (Å²) in [4.78, 5) is 5.35. The smallest absolute Gasteiger partial charge is 0.206 e. The third kappa shape index (κ3) is 3.68. The van der Waals surface area contributed by atoms with Gasteiger partial charge in [0.05, 0.1) is 23.2 Å². The summed E-state index contributed by atoms with van der Waals surface area (Å²) in [6.45, 7) is 2.42. The second kappa shape index (κ2) is 7.19. The first kappa shape index (κ1) is 16.7. The van der Waals surface area contributed by atoms with Crippen LogP contribution in [0, 0.1) is 11.6 Å². The Kier molecular flexibility index (Phi) is 5.01. The molecule has 0 aliphatic carbocycles. The number of hydrogen-bond donors (Lipinski definition) is 2. The summed E-state index contributed by atoms with van der Waals surface area (Å²) < 4.78 is 35.4. The molecule has 3 rings (SSSR count). The Morgan fingerprint density at radius 3 is 2.67 bits per heavy atom. The standard InChI is InChI=1S/C17H17F2N3OS/c1-10(23-2)9-20-17-21-16-14(4-3-5-15(16)24-22-17)11-6-12(18)8-13(19)7-11/h3-8,10H,9H2,1-2H3,(H2,20,21,22)/t10-/m0/s1. The van der Waals surface area contributed by atoms with Crippen LogP contribution < -0.4 is 10.0 Å². The molecule has 0 fully saturated rings. The van der Waals surface area contributed by atoms with Gasteiger partial charge in [-0.2, -0.15) is 0 Å². The third-order valence-corrected chi connectivity index (χ3v) is 4.47. The van der Waals surface area contributed by atoms with Gasteiger partial charge in [-0.25, -0.2) is 13.8 Å². The van der Waals surface area contributed by atoms with Crippen LogP contribution in [-0.2, 0) is 4.74 Å². The van der Waals surface area contributed by atoms with Crippen LogP contribution in [0.4, 0.5) is 14.5 Å². The highest BCUT2D eigenvalue weighted by atomic mass is 32.2. The molecule has 1 aliphatic heterocycles. The zero-order chi connectivity index (χ0) is 17.1. The maximum Gasteiger partial charge on any atom is 0.206 e. The number of hydrogen-bond acceptors (Lipinski definition) is 3. The highest BCUT2D eigenvalue weighted by Gasteiger charge is 2.18. The number of rotatable bonds is 4. The van der Waals surface area contributed by atoms with E-state index in [1.165, 1.54) is 24.1 Å². The number of methoxy groups -OCH3 is 1. The minimum absolute atomic E-state index is 0.0000516. The summed E-state index contributed by atoms with van der Waals surface area (Å²) in [6, 6.07) is 9.09. The summed E-state index contributed by atoms with van der Waals surface area (Å²) in [5, 5.41) is 3.20. The molecule has 2 N–H and O–H groups in total. The Balaban J connectivity index is 1.95. The molecule has 1 atom stereocenters. The Morgan fingerprint density at radius 1 is 1.21 bits per heavy atom. The number of anilines is 1. The highest BCUT2D eigenvalue weighted by molar-refractivity contribution is 7.98. The van der Waals surface area contributed by atoms with Crippen LogP contribution in [0.3, 0.4) is 0 Å². The van der Waals surface area contributed by atoms with Gasteiger partial charge in [-0.15, -0.1) is 0 Å². The number of aliphatic imine (C=N–C) groups is 1. The Hall–Kier alpha value is -2.12. The van der Waals surface area contributed by atoms with Crippen molar-refractivity contribution in [3.05, 3.63) is 48.0 Å². The predicted molar refractivity (Wildman–Crippen MR) is 93.2 cm³/mol. The van der Waals surface area contributed by atoms with Gasteiger partial charge in [0.1, 0.15) is 11.6 Å². The maximum absolute atomic E-state index is 13.6. The van der Waals surface area contributed by atoms with E-state index >= 15 is 0 Å². The molecule has 0 aromatic heterocycles. The lowest BCUT2D eigenvalue weighted by Crippen LogP contribution is -2.30. The molecule has 126 valence electrons. The van der Waals surface area contributed by atoms with E-state index in [2.05, 4.69) is 15.0 Å². The first-order valence-electron chi connectivity index (χ1n) is 7.43. The summed E-state index contributed by atoms with van der Waals surface area (Å²) in [5.41, 5.74) is 1.96. The molecule has 0 unspecified atom stereocenters. The average molecular weight is 349 g/mol. The molecule has 7 heteroatoms.